The lowest BCUT2D eigenvalue weighted by Gasteiger charge is -2.23. The number of rotatable bonds is 9. The molecule has 1 amide bonds. The third-order valence-electron chi connectivity index (χ3n) is 4.91. The second kappa shape index (κ2) is 10.5. The molecule has 3 rings (SSSR count). The predicted octanol–water partition coefficient (Wildman–Crippen LogP) is 5.14. The van der Waals surface area contributed by atoms with Gasteiger partial charge in [0.25, 0.3) is 10.1 Å². The number of hydrogen-bond donors (Lipinski definition) is 1. The van der Waals surface area contributed by atoms with Crippen LogP contribution >= 0.6 is 39.1 Å². The van der Waals surface area contributed by atoms with Gasteiger partial charge in [0.15, 0.2) is 0 Å². The second-order valence-electron chi connectivity index (χ2n) is 7.46. The summed E-state index contributed by atoms with van der Waals surface area (Å²) in [7, 11) is -3.70. The first kappa shape index (κ1) is 24.3. The summed E-state index contributed by atoms with van der Waals surface area (Å²) in [4.78, 5) is 11.9. The predicted molar refractivity (Wildman–Crippen MR) is 124 cm³/mol. The molecule has 0 spiro atoms. The summed E-state index contributed by atoms with van der Waals surface area (Å²) in [5.41, 5.74) is 1.85. The summed E-state index contributed by atoms with van der Waals surface area (Å²) in [6.45, 7) is 0. The van der Waals surface area contributed by atoms with Gasteiger partial charge in [-0.25, -0.2) is 4.79 Å². The topological polar surface area (TPSA) is 81.7 Å². The highest BCUT2D eigenvalue weighted by atomic mass is 79.9. The SMILES string of the molecule is CS(=O)(=O)O[C@H](CCc1ccc(Cl)cc1Cl)C[C@H]1OC(=O)N[C@H]1Cc1cccc(Br)c1. The molecule has 3 atom stereocenters. The maximum absolute atomic E-state index is 11.9. The summed E-state index contributed by atoms with van der Waals surface area (Å²) in [6, 6.07) is 12.6. The van der Waals surface area contributed by atoms with Crippen molar-refractivity contribution in [1.82, 2.24) is 5.32 Å². The first-order valence-corrected chi connectivity index (χ1v) is 13.0. The monoisotopic (exact) mass is 549 g/mol. The Hall–Kier alpha value is -1.32. The molecule has 0 saturated carbocycles. The van der Waals surface area contributed by atoms with E-state index in [0.29, 0.717) is 29.3 Å². The van der Waals surface area contributed by atoms with Gasteiger partial charge in [-0.15, -0.1) is 0 Å². The van der Waals surface area contributed by atoms with Gasteiger partial charge in [-0.2, -0.15) is 8.42 Å². The Bertz CT molecular complexity index is 1050. The molecule has 10 heteroatoms. The third kappa shape index (κ3) is 7.64. The number of alkyl carbamates (subject to hydrolysis) is 1. The van der Waals surface area contributed by atoms with Crippen LogP contribution in [0.4, 0.5) is 4.79 Å². The number of carbonyl (C=O) groups excluding carboxylic acids is 1. The molecule has 0 bridgehead atoms. The molecule has 1 fully saturated rings. The average molecular weight is 551 g/mol. The van der Waals surface area contributed by atoms with Crippen LogP contribution in [0.2, 0.25) is 10.0 Å². The van der Waals surface area contributed by atoms with E-state index in [1.165, 1.54) is 0 Å². The molecule has 31 heavy (non-hydrogen) atoms. The van der Waals surface area contributed by atoms with Gasteiger partial charge >= 0.3 is 6.09 Å². The molecule has 168 valence electrons. The number of benzene rings is 2. The van der Waals surface area contributed by atoms with E-state index < -0.39 is 28.4 Å². The number of nitrogens with one attached hydrogen (secondary N) is 1. The van der Waals surface area contributed by atoms with E-state index >= 15 is 0 Å². The zero-order chi connectivity index (χ0) is 22.6. The normalized spacial score (nSPS) is 19.7. The summed E-state index contributed by atoms with van der Waals surface area (Å²) >= 11 is 15.6. The number of halogens is 3. The van der Waals surface area contributed by atoms with Gasteiger partial charge in [-0.3, -0.25) is 4.18 Å². The van der Waals surface area contributed by atoms with Crippen LogP contribution in [0, 0.1) is 0 Å². The van der Waals surface area contributed by atoms with Crippen molar-refractivity contribution < 1.29 is 22.1 Å². The van der Waals surface area contributed by atoms with Crippen LogP contribution in [0.15, 0.2) is 46.9 Å². The molecule has 0 aliphatic carbocycles. The Morgan fingerprint density at radius 1 is 1.23 bits per heavy atom. The van der Waals surface area contributed by atoms with E-state index in [4.69, 9.17) is 32.1 Å². The van der Waals surface area contributed by atoms with Crippen LogP contribution in [-0.4, -0.2) is 39.0 Å². The Kier molecular flexibility index (Phi) is 8.26. The fraction of sp³-hybridized carbons (Fsp3) is 0.381. The first-order chi connectivity index (χ1) is 14.6. The van der Waals surface area contributed by atoms with E-state index in [1.807, 2.05) is 24.3 Å². The van der Waals surface area contributed by atoms with Crippen molar-refractivity contribution in [3.63, 3.8) is 0 Å². The average Bonchev–Trinajstić information content (AvgIpc) is 2.98. The fourth-order valence-corrected chi connectivity index (χ4v) is 5.18. The van der Waals surface area contributed by atoms with Gasteiger partial charge < -0.3 is 10.1 Å². The quantitative estimate of drug-likeness (QED) is 0.437. The lowest BCUT2D eigenvalue weighted by atomic mass is 9.96. The van der Waals surface area contributed by atoms with E-state index in [2.05, 4.69) is 21.2 Å². The fourth-order valence-electron chi connectivity index (χ4n) is 3.56. The Balaban J connectivity index is 1.71. The van der Waals surface area contributed by atoms with Crippen LogP contribution in [0.25, 0.3) is 0 Å². The number of aryl methyl sites for hydroxylation is 1. The minimum absolute atomic E-state index is 0.232. The molecule has 1 aliphatic heterocycles. The van der Waals surface area contributed by atoms with Crippen molar-refractivity contribution in [2.45, 2.75) is 43.9 Å². The Morgan fingerprint density at radius 3 is 2.68 bits per heavy atom. The molecule has 0 radical (unpaired) electrons. The van der Waals surface area contributed by atoms with Gasteiger partial charge in [-0.1, -0.05) is 57.3 Å². The molecule has 0 unspecified atom stereocenters. The summed E-state index contributed by atoms with van der Waals surface area (Å²) in [6.07, 6.45) is 0.923. The van der Waals surface area contributed by atoms with Crippen molar-refractivity contribution in [3.05, 3.63) is 68.1 Å². The van der Waals surface area contributed by atoms with E-state index in [9.17, 15) is 13.2 Å². The summed E-state index contributed by atoms with van der Waals surface area (Å²) in [5, 5.41) is 3.84. The standard InChI is InChI=1S/C21H22BrCl2NO5S/c1-31(27,28)30-17(8-6-14-5-7-16(23)11-18(14)24)12-20-19(25-21(26)29-20)10-13-3-2-4-15(22)9-13/h2-5,7,9,11,17,19-20H,6,8,10,12H2,1H3,(H,25,26)/t17-,19+,20-/m1/s1. The summed E-state index contributed by atoms with van der Waals surface area (Å²) < 4.78 is 35.3. The van der Waals surface area contributed by atoms with E-state index in [-0.39, 0.29) is 12.5 Å². The molecule has 0 aromatic heterocycles. The van der Waals surface area contributed by atoms with Gasteiger partial charge in [0.2, 0.25) is 0 Å². The highest BCUT2D eigenvalue weighted by Gasteiger charge is 2.36. The molecule has 2 aromatic rings. The Labute approximate surface area is 200 Å². The van der Waals surface area contributed by atoms with Crippen LogP contribution in [0.3, 0.4) is 0 Å². The van der Waals surface area contributed by atoms with E-state index in [1.54, 1.807) is 18.2 Å². The molecule has 1 saturated heterocycles. The molecule has 6 nitrogen and oxygen atoms in total. The van der Waals surface area contributed by atoms with Gasteiger partial charge in [0.1, 0.15) is 6.10 Å². The third-order valence-corrected chi connectivity index (χ3v) is 6.61. The van der Waals surface area contributed by atoms with Gasteiger partial charge in [-0.05, 0) is 54.7 Å². The van der Waals surface area contributed by atoms with E-state index in [0.717, 1.165) is 21.9 Å². The number of ether oxygens (including phenoxy) is 1. The van der Waals surface area contributed by atoms with Gasteiger partial charge in [0.05, 0.1) is 18.4 Å². The molecular formula is C21H22BrCl2NO5S. The maximum Gasteiger partial charge on any atom is 0.407 e. The summed E-state index contributed by atoms with van der Waals surface area (Å²) in [5.74, 6) is 0. The number of cyclic esters (lactones) is 1. The van der Waals surface area contributed by atoms with Crippen molar-refractivity contribution in [2.24, 2.45) is 0 Å². The highest BCUT2D eigenvalue weighted by molar-refractivity contribution is 9.10. The lowest BCUT2D eigenvalue weighted by molar-refractivity contribution is 0.0842. The second-order valence-corrected chi connectivity index (χ2v) is 10.8. The first-order valence-electron chi connectivity index (χ1n) is 9.63. The molecule has 1 heterocycles. The van der Waals surface area contributed by atoms with Crippen LogP contribution in [-0.2, 0) is 31.9 Å². The number of amides is 1. The smallest absolute Gasteiger partial charge is 0.407 e. The maximum atomic E-state index is 11.9. The number of hydrogen-bond acceptors (Lipinski definition) is 5. The van der Waals surface area contributed by atoms with Crippen molar-refractivity contribution >= 4 is 55.3 Å². The van der Waals surface area contributed by atoms with Crippen LogP contribution in [0.1, 0.15) is 24.0 Å². The molecular weight excluding hydrogens is 529 g/mol. The van der Waals surface area contributed by atoms with Crippen molar-refractivity contribution in [1.29, 1.82) is 0 Å². The molecule has 1 aliphatic rings. The number of carbonyl (C=O) groups is 1. The highest BCUT2D eigenvalue weighted by Crippen LogP contribution is 2.26. The zero-order valence-corrected chi connectivity index (χ0v) is 20.6. The minimum atomic E-state index is -3.70. The minimum Gasteiger partial charge on any atom is -0.444 e. The zero-order valence-electron chi connectivity index (χ0n) is 16.7. The Morgan fingerprint density at radius 2 is 2.00 bits per heavy atom. The van der Waals surface area contributed by atoms with Crippen LogP contribution < -0.4 is 5.32 Å². The van der Waals surface area contributed by atoms with Crippen molar-refractivity contribution in [2.75, 3.05) is 6.26 Å². The largest absolute Gasteiger partial charge is 0.444 e. The van der Waals surface area contributed by atoms with Gasteiger partial charge in [0, 0.05) is 20.9 Å². The van der Waals surface area contributed by atoms with Crippen molar-refractivity contribution in [3.8, 4) is 0 Å². The molecule has 1 N–H and O–H groups in total. The van der Waals surface area contributed by atoms with Crippen LogP contribution in [0.5, 0.6) is 0 Å². The molecule has 2 aromatic carbocycles. The lowest BCUT2D eigenvalue weighted by Crippen LogP contribution is -2.36.